The van der Waals surface area contributed by atoms with E-state index in [1.54, 1.807) is 0 Å². The smallest absolute Gasteiger partial charge is 0.142 e. The normalized spacial score (nSPS) is 12.0. The fourth-order valence-corrected chi connectivity index (χ4v) is 3.74. The maximum Gasteiger partial charge on any atom is 0.142 e. The SMILES string of the molecule is CC/C(=C(\Cc1ccccc1)c1ccc(OCN(CC)CC)cc1)c1ccccc1. The van der Waals surface area contributed by atoms with Crippen molar-refractivity contribution in [2.75, 3.05) is 19.8 Å². The fraction of sp³-hybridized carbons (Fsp3) is 0.286. The van der Waals surface area contributed by atoms with Crippen molar-refractivity contribution in [3.8, 4) is 5.75 Å². The molecule has 0 bridgehead atoms. The van der Waals surface area contributed by atoms with Crippen LogP contribution in [0.15, 0.2) is 84.9 Å². The van der Waals surface area contributed by atoms with Crippen LogP contribution >= 0.6 is 0 Å². The van der Waals surface area contributed by atoms with Gasteiger partial charge in [0.15, 0.2) is 0 Å². The number of hydrogen-bond acceptors (Lipinski definition) is 2. The van der Waals surface area contributed by atoms with Gasteiger partial charge in [0.2, 0.25) is 0 Å². The van der Waals surface area contributed by atoms with Gasteiger partial charge in [0.25, 0.3) is 0 Å². The molecule has 0 aromatic heterocycles. The lowest BCUT2D eigenvalue weighted by Crippen LogP contribution is -2.27. The van der Waals surface area contributed by atoms with Gasteiger partial charge in [0.05, 0.1) is 0 Å². The van der Waals surface area contributed by atoms with Gasteiger partial charge in [-0.15, -0.1) is 0 Å². The molecule has 0 radical (unpaired) electrons. The summed E-state index contributed by atoms with van der Waals surface area (Å²) in [5, 5.41) is 0. The van der Waals surface area contributed by atoms with E-state index in [9.17, 15) is 0 Å². The molecule has 0 atom stereocenters. The Morgan fingerprint density at radius 1 is 0.667 bits per heavy atom. The number of ether oxygens (including phenoxy) is 1. The van der Waals surface area contributed by atoms with Gasteiger partial charge in [0, 0.05) is 0 Å². The van der Waals surface area contributed by atoms with Gasteiger partial charge >= 0.3 is 0 Å². The van der Waals surface area contributed by atoms with E-state index in [1.165, 1.54) is 27.8 Å². The van der Waals surface area contributed by atoms with Crippen LogP contribution in [0.3, 0.4) is 0 Å². The maximum absolute atomic E-state index is 5.98. The summed E-state index contributed by atoms with van der Waals surface area (Å²) >= 11 is 0. The van der Waals surface area contributed by atoms with Gasteiger partial charge < -0.3 is 4.74 Å². The monoisotopic (exact) mass is 399 g/mol. The molecule has 0 aliphatic heterocycles. The van der Waals surface area contributed by atoms with Crippen LogP contribution in [-0.2, 0) is 6.42 Å². The Labute approximate surface area is 181 Å². The van der Waals surface area contributed by atoms with Gasteiger partial charge in [-0.05, 0) is 65.9 Å². The quantitative estimate of drug-likeness (QED) is 0.271. The van der Waals surface area contributed by atoms with Crippen molar-refractivity contribution in [2.45, 2.75) is 33.6 Å². The van der Waals surface area contributed by atoms with Gasteiger partial charge in [-0.25, -0.2) is 0 Å². The van der Waals surface area contributed by atoms with Crippen molar-refractivity contribution in [1.29, 1.82) is 0 Å². The Morgan fingerprint density at radius 3 is 1.80 bits per heavy atom. The molecule has 0 fully saturated rings. The van der Waals surface area contributed by atoms with Crippen molar-refractivity contribution >= 4 is 11.1 Å². The molecule has 3 aromatic rings. The average molecular weight is 400 g/mol. The Hall–Kier alpha value is -2.84. The molecule has 0 saturated carbocycles. The Morgan fingerprint density at radius 2 is 1.23 bits per heavy atom. The van der Waals surface area contributed by atoms with E-state index in [4.69, 9.17) is 4.74 Å². The summed E-state index contributed by atoms with van der Waals surface area (Å²) < 4.78 is 5.98. The predicted molar refractivity (Wildman–Crippen MR) is 129 cm³/mol. The molecular weight excluding hydrogens is 366 g/mol. The lowest BCUT2D eigenvalue weighted by molar-refractivity contribution is 0.137. The summed E-state index contributed by atoms with van der Waals surface area (Å²) in [6.45, 7) is 9.18. The largest absolute Gasteiger partial charge is 0.478 e. The molecule has 3 rings (SSSR count). The summed E-state index contributed by atoms with van der Waals surface area (Å²) in [5.41, 5.74) is 6.67. The van der Waals surface area contributed by atoms with Crippen molar-refractivity contribution in [3.05, 3.63) is 102 Å². The number of nitrogens with zero attached hydrogens (tertiary/aromatic N) is 1. The second kappa shape index (κ2) is 11.4. The topological polar surface area (TPSA) is 12.5 Å². The first-order valence-corrected chi connectivity index (χ1v) is 11.0. The number of benzene rings is 3. The van der Waals surface area contributed by atoms with E-state index in [1.807, 2.05) is 0 Å². The van der Waals surface area contributed by atoms with E-state index in [2.05, 4.69) is 111 Å². The molecule has 0 aliphatic rings. The number of hydrogen-bond donors (Lipinski definition) is 0. The summed E-state index contributed by atoms with van der Waals surface area (Å²) in [6, 6.07) is 30.1. The Balaban J connectivity index is 1.93. The number of rotatable bonds is 10. The zero-order valence-electron chi connectivity index (χ0n) is 18.5. The highest BCUT2D eigenvalue weighted by Crippen LogP contribution is 2.32. The molecule has 156 valence electrons. The van der Waals surface area contributed by atoms with E-state index in [0.29, 0.717) is 6.73 Å². The van der Waals surface area contributed by atoms with Crippen molar-refractivity contribution in [3.63, 3.8) is 0 Å². The molecule has 0 saturated heterocycles. The molecule has 2 nitrogen and oxygen atoms in total. The molecule has 0 spiro atoms. The zero-order chi connectivity index (χ0) is 21.2. The predicted octanol–water partition coefficient (Wildman–Crippen LogP) is 6.93. The molecule has 0 amide bonds. The third kappa shape index (κ3) is 5.84. The van der Waals surface area contributed by atoms with Crippen molar-refractivity contribution in [1.82, 2.24) is 4.90 Å². The lowest BCUT2D eigenvalue weighted by atomic mass is 9.89. The highest BCUT2D eigenvalue weighted by Gasteiger charge is 2.12. The van der Waals surface area contributed by atoms with E-state index in [0.717, 1.165) is 31.7 Å². The van der Waals surface area contributed by atoms with Crippen LogP contribution in [0.5, 0.6) is 5.75 Å². The summed E-state index contributed by atoms with van der Waals surface area (Å²) in [7, 11) is 0. The first-order chi connectivity index (χ1) is 14.7. The third-order valence-electron chi connectivity index (χ3n) is 5.57. The summed E-state index contributed by atoms with van der Waals surface area (Å²) in [6.07, 6.45) is 1.91. The number of allylic oxidation sites excluding steroid dienone is 2. The van der Waals surface area contributed by atoms with E-state index >= 15 is 0 Å². The van der Waals surface area contributed by atoms with E-state index in [-0.39, 0.29) is 0 Å². The van der Waals surface area contributed by atoms with Crippen LogP contribution in [-0.4, -0.2) is 24.7 Å². The molecule has 30 heavy (non-hydrogen) atoms. The summed E-state index contributed by atoms with van der Waals surface area (Å²) in [5.74, 6) is 0.919. The fourth-order valence-electron chi connectivity index (χ4n) is 3.74. The Bertz CT molecular complexity index is 910. The van der Waals surface area contributed by atoms with Crippen LogP contribution in [0.1, 0.15) is 43.9 Å². The van der Waals surface area contributed by atoms with Crippen LogP contribution in [0.2, 0.25) is 0 Å². The molecule has 0 unspecified atom stereocenters. The van der Waals surface area contributed by atoms with Gasteiger partial charge in [-0.2, -0.15) is 0 Å². The molecule has 3 aromatic carbocycles. The van der Waals surface area contributed by atoms with Crippen LogP contribution in [0, 0.1) is 0 Å². The molecular formula is C28H33NO. The van der Waals surface area contributed by atoms with Gasteiger partial charge in [-0.1, -0.05) is 93.6 Å². The van der Waals surface area contributed by atoms with Crippen LogP contribution in [0.4, 0.5) is 0 Å². The molecule has 2 heteroatoms. The third-order valence-corrected chi connectivity index (χ3v) is 5.57. The highest BCUT2D eigenvalue weighted by atomic mass is 16.5. The first kappa shape index (κ1) is 21.9. The minimum atomic E-state index is 0.628. The lowest BCUT2D eigenvalue weighted by Gasteiger charge is -2.19. The van der Waals surface area contributed by atoms with Gasteiger partial charge in [-0.3, -0.25) is 4.90 Å². The highest BCUT2D eigenvalue weighted by molar-refractivity contribution is 5.91. The van der Waals surface area contributed by atoms with Gasteiger partial charge in [0.1, 0.15) is 12.5 Å². The van der Waals surface area contributed by atoms with E-state index < -0.39 is 0 Å². The molecule has 0 heterocycles. The Kier molecular flexibility index (Phi) is 8.29. The first-order valence-electron chi connectivity index (χ1n) is 11.0. The van der Waals surface area contributed by atoms with Crippen molar-refractivity contribution < 1.29 is 4.74 Å². The molecule has 0 N–H and O–H groups in total. The minimum Gasteiger partial charge on any atom is -0.478 e. The minimum absolute atomic E-state index is 0.628. The van der Waals surface area contributed by atoms with Crippen molar-refractivity contribution in [2.24, 2.45) is 0 Å². The average Bonchev–Trinajstić information content (AvgIpc) is 2.81. The standard InChI is InChI=1S/C28H33NO/c1-4-27(24-15-11-8-12-16-24)28(21-23-13-9-7-10-14-23)25-17-19-26(20-18-25)30-22-29(5-2)6-3/h7-20H,4-6,21-22H2,1-3H3/b28-27-. The second-order valence-corrected chi connectivity index (χ2v) is 7.44. The van der Waals surface area contributed by atoms with Crippen LogP contribution < -0.4 is 4.74 Å². The zero-order valence-corrected chi connectivity index (χ0v) is 18.5. The maximum atomic E-state index is 5.98. The summed E-state index contributed by atoms with van der Waals surface area (Å²) in [4.78, 5) is 2.26. The second-order valence-electron chi connectivity index (χ2n) is 7.44. The molecule has 0 aliphatic carbocycles. The van der Waals surface area contributed by atoms with Crippen LogP contribution in [0.25, 0.3) is 11.1 Å².